The molecule has 4 nitrogen and oxygen atoms in total. The Hall–Kier alpha value is -1.03. The van der Waals surface area contributed by atoms with Crippen LogP contribution in [0, 0.1) is 5.41 Å². The first-order chi connectivity index (χ1) is 12.1. The van der Waals surface area contributed by atoms with E-state index < -0.39 is 11.3 Å². The van der Waals surface area contributed by atoms with Crippen LogP contribution in [-0.2, 0) is 9.47 Å². The van der Waals surface area contributed by atoms with Crippen molar-refractivity contribution in [2.75, 3.05) is 6.61 Å². The van der Waals surface area contributed by atoms with E-state index in [-0.39, 0.29) is 17.6 Å². The minimum Gasteiger partial charge on any atom is -0.444 e. The summed E-state index contributed by atoms with van der Waals surface area (Å²) in [6.45, 7) is 12.5. The number of unbranched alkanes of at least 4 members (excludes halogenated alkanes) is 5. The third-order valence-corrected chi connectivity index (χ3v) is 5.49. The van der Waals surface area contributed by atoms with E-state index in [1.165, 1.54) is 32.1 Å². The smallest absolute Gasteiger partial charge is 0.412 e. The Morgan fingerprint density at radius 3 is 2.42 bits per heavy atom. The summed E-state index contributed by atoms with van der Waals surface area (Å²) in [4.78, 5) is 14.7. The highest BCUT2D eigenvalue weighted by Crippen LogP contribution is 2.55. The molecule has 2 aliphatic rings. The van der Waals surface area contributed by atoms with E-state index in [9.17, 15) is 4.79 Å². The summed E-state index contributed by atoms with van der Waals surface area (Å²) in [6, 6.07) is 0.0729. The number of hydrogen-bond donors (Lipinski definition) is 0. The molecule has 0 spiro atoms. The molecule has 2 fully saturated rings. The van der Waals surface area contributed by atoms with Gasteiger partial charge < -0.3 is 9.47 Å². The normalized spacial score (nSPS) is 24.2. The zero-order valence-corrected chi connectivity index (χ0v) is 17.8. The molecule has 1 unspecified atom stereocenters. The molecular formula is C22H39NO3. The molecule has 1 aliphatic heterocycles. The van der Waals surface area contributed by atoms with Crippen LogP contribution in [-0.4, -0.2) is 35.0 Å². The van der Waals surface area contributed by atoms with Gasteiger partial charge in [-0.25, -0.2) is 4.79 Å². The highest BCUT2D eigenvalue weighted by Gasteiger charge is 2.58. The molecule has 4 heteroatoms. The number of nitrogens with zero attached hydrogens (tertiary/aromatic N) is 1. The first-order valence-electron chi connectivity index (χ1n) is 10.5. The molecule has 0 aromatic rings. The lowest BCUT2D eigenvalue weighted by Crippen LogP contribution is -2.52. The second-order valence-electron chi connectivity index (χ2n) is 9.46. The van der Waals surface area contributed by atoms with Crippen LogP contribution in [0.1, 0.15) is 92.9 Å². The van der Waals surface area contributed by atoms with Crippen LogP contribution in [0.4, 0.5) is 4.79 Å². The zero-order valence-electron chi connectivity index (χ0n) is 17.8. The Kier molecular flexibility index (Phi) is 6.81. The maximum Gasteiger partial charge on any atom is 0.412 e. The van der Waals surface area contributed by atoms with Crippen LogP contribution >= 0.6 is 0 Å². The highest BCUT2D eigenvalue weighted by molar-refractivity contribution is 5.70. The predicted molar refractivity (Wildman–Crippen MR) is 106 cm³/mol. The van der Waals surface area contributed by atoms with Gasteiger partial charge in [0.25, 0.3) is 0 Å². The number of rotatable bonds is 8. The number of carbonyl (C=O) groups is 1. The van der Waals surface area contributed by atoms with Gasteiger partial charge in [0, 0.05) is 5.41 Å². The number of hydrogen-bond acceptors (Lipinski definition) is 3. The van der Waals surface area contributed by atoms with Crippen molar-refractivity contribution >= 4 is 6.09 Å². The Morgan fingerprint density at radius 1 is 1.19 bits per heavy atom. The molecule has 1 saturated heterocycles. The first kappa shape index (κ1) is 21.3. The van der Waals surface area contributed by atoms with Crippen LogP contribution < -0.4 is 0 Å². The van der Waals surface area contributed by atoms with Gasteiger partial charge in [0.2, 0.25) is 0 Å². The Morgan fingerprint density at radius 2 is 1.85 bits per heavy atom. The van der Waals surface area contributed by atoms with Gasteiger partial charge in [-0.2, -0.15) is 0 Å². The summed E-state index contributed by atoms with van der Waals surface area (Å²) in [5.41, 5.74) is -1.03. The SMILES string of the molecule is CCCCCCC/C=C/C1(C2COC(C)(C)N2C(=O)OC(C)(C)C)CC1. The second kappa shape index (κ2) is 8.33. The van der Waals surface area contributed by atoms with Gasteiger partial charge in [0.1, 0.15) is 11.3 Å². The van der Waals surface area contributed by atoms with Gasteiger partial charge in [0.15, 0.2) is 0 Å². The summed E-state index contributed by atoms with van der Waals surface area (Å²) >= 11 is 0. The van der Waals surface area contributed by atoms with Crippen LogP contribution in [0.3, 0.4) is 0 Å². The molecule has 1 atom stereocenters. The van der Waals surface area contributed by atoms with E-state index in [1.54, 1.807) is 0 Å². The fraction of sp³-hybridized carbons (Fsp3) is 0.864. The topological polar surface area (TPSA) is 38.8 Å². The largest absolute Gasteiger partial charge is 0.444 e. The lowest BCUT2D eigenvalue weighted by molar-refractivity contribution is -0.0642. The molecule has 1 aliphatic carbocycles. The fourth-order valence-electron chi connectivity index (χ4n) is 3.82. The van der Waals surface area contributed by atoms with Crippen LogP contribution in [0.5, 0.6) is 0 Å². The molecule has 26 heavy (non-hydrogen) atoms. The minimum absolute atomic E-state index is 0.0729. The fourth-order valence-corrected chi connectivity index (χ4v) is 3.82. The number of allylic oxidation sites excluding steroid dienone is 1. The molecule has 1 saturated carbocycles. The molecule has 0 bridgehead atoms. The molecule has 2 rings (SSSR count). The Labute approximate surface area is 160 Å². The predicted octanol–water partition coefficient (Wildman–Crippen LogP) is 6.06. The van der Waals surface area contributed by atoms with Crippen molar-refractivity contribution in [3.8, 4) is 0 Å². The lowest BCUT2D eigenvalue weighted by Gasteiger charge is -2.37. The number of ether oxygens (including phenoxy) is 2. The van der Waals surface area contributed by atoms with E-state index in [4.69, 9.17) is 9.47 Å². The van der Waals surface area contributed by atoms with Gasteiger partial charge in [-0.05, 0) is 60.3 Å². The maximum absolute atomic E-state index is 12.8. The van der Waals surface area contributed by atoms with Crippen molar-refractivity contribution in [2.45, 2.75) is 110 Å². The summed E-state index contributed by atoms with van der Waals surface area (Å²) in [6.07, 6.45) is 14.4. The molecule has 0 aromatic heterocycles. The van der Waals surface area contributed by atoms with Gasteiger partial charge in [0.05, 0.1) is 12.6 Å². The van der Waals surface area contributed by atoms with Gasteiger partial charge in [-0.1, -0.05) is 44.8 Å². The van der Waals surface area contributed by atoms with Crippen LogP contribution in [0.25, 0.3) is 0 Å². The van der Waals surface area contributed by atoms with E-state index in [0.717, 1.165) is 19.3 Å². The van der Waals surface area contributed by atoms with Crippen molar-refractivity contribution in [3.05, 3.63) is 12.2 Å². The average molecular weight is 366 g/mol. The van der Waals surface area contributed by atoms with Crippen molar-refractivity contribution in [2.24, 2.45) is 5.41 Å². The molecule has 1 heterocycles. The third-order valence-electron chi connectivity index (χ3n) is 5.49. The standard InChI is InChI=1S/C22H39NO3/c1-7-8-9-10-11-12-13-14-22(15-16-22)18-17-25-21(5,6)23(18)19(24)26-20(2,3)4/h13-14,18H,7-12,15-17H2,1-6H3/b14-13+. The van der Waals surface area contributed by atoms with Crippen LogP contribution in [0.15, 0.2) is 12.2 Å². The minimum atomic E-state index is -0.615. The second-order valence-corrected chi connectivity index (χ2v) is 9.46. The van der Waals surface area contributed by atoms with Crippen molar-refractivity contribution < 1.29 is 14.3 Å². The molecular weight excluding hydrogens is 326 g/mol. The summed E-state index contributed by atoms with van der Waals surface area (Å²) in [5.74, 6) is 0. The van der Waals surface area contributed by atoms with Crippen molar-refractivity contribution in [1.82, 2.24) is 4.90 Å². The first-order valence-corrected chi connectivity index (χ1v) is 10.5. The summed E-state index contributed by atoms with van der Waals surface area (Å²) in [7, 11) is 0. The molecule has 0 N–H and O–H groups in total. The summed E-state index contributed by atoms with van der Waals surface area (Å²) in [5, 5.41) is 0. The van der Waals surface area contributed by atoms with Crippen LogP contribution in [0.2, 0.25) is 0 Å². The Bertz CT molecular complexity index is 500. The maximum atomic E-state index is 12.8. The number of carbonyl (C=O) groups excluding carboxylic acids is 1. The average Bonchev–Trinajstić information content (AvgIpc) is 3.22. The molecule has 1 amide bonds. The zero-order chi connectivity index (χ0) is 19.4. The molecule has 0 aromatic carbocycles. The highest BCUT2D eigenvalue weighted by atomic mass is 16.6. The monoisotopic (exact) mass is 365 g/mol. The van der Waals surface area contributed by atoms with E-state index >= 15 is 0 Å². The van der Waals surface area contributed by atoms with Gasteiger partial charge >= 0.3 is 6.09 Å². The van der Waals surface area contributed by atoms with E-state index in [0.29, 0.717) is 6.61 Å². The molecule has 0 radical (unpaired) electrons. The van der Waals surface area contributed by atoms with E-state index in [1.807, 2.05) is 39.5 Å². The van der Waals surface area contributed by atoms with Gasteiger partial charge in [-0.15, -0.1) is 0 Å². The van der Waals surface area contributed by atoms with Gasteiger partial charge in [-0.3, -0.25) is 4.90 Å². The lowest BCUT2D eigenvalue weighted by atomic mass is 9.94. The van der Waals surface area contributed by atoms with E-state index in [2.05, 4.69) is 19.1 Å². The summed E-state index contributed by atoms with van der Waals surface area (Å²) < 4.78 is 11.7. The Balaban J connectivity index is 1.97. The van der Waals surface area contributed by atoms with Crippen molar-refractivity contribution in [1.29, 1.82) is 0 Å². The third kappa shape index (κ3) is 5.48. The quantitative estimate of drug-likeness (QED) is 0.388. The molecule has 150 valence electrons. The number of amides is 1. The van der Waals surface area contributed by atoms with Crippen molar-refractivity contribution in [3.63, 3.8) is 0 Å².